The van der Waals surface area contributed by atoms with Gasteiger partial charge in [0.2, 0.25) is 0 Å². The number of imidazole rings is 1. The van der Waals surface area contributed by atoms with Crippen LogP contribution in [0, 0.1) is 11.8 Å². The van der Waals surface area contributed by atoms with Gasteiger partial charge in [-0.3, -0.25) is 0 Å². The molecule has 0 aliphatic rings. The van der Waals surface area contributed by atoms with Crippen LogP contribution in [0.25, 0.3) is 11.3 Å². The molecule has 0 fully saturated rings. The molecule has 0 radical (unpaired) electrons. The zero-order valence-electron chi connectivity index (χ0n) is 10.8. The van der Waals surface area contributed by atoms with Gasteiger partial charge < -0.3 is 9.67 Å². The third kappa shape index (κ3) is 2.99. The molecule has 92 valence electrons. The van der Waals surface area contributed by atoms with Gasteiger partial charge >= 0.3 is 0 Å². The van der Waals surface area contributed by atoms with Gasteiger partial charge in [0.25, 0.3) is 0 Å². The predicted molar refractivity (Wildman–Crippen MR) is 71.8 cm³/mol. The SMILES string of the molecule is Cn1cc(-c2ccccc2)nc1C#CC(C)(C)O. The van der Waals surface area contributed by atoms with Gasteiger partial charge in [-0.25, -0.2) is 4.98 Å². The molecule has 0 saturated carbocycles. The summed E-state index contributed by atoms with van der Waals surface area (Å²) < 4.78 is 1.86. The van der Waals surface area contributed by atoms with E-state index in [1.54, 1.807) is 13.8 Å². The van der Waals surface area contributed by atoms with Crippen molar-refractivity contribution < 1.29 is 5.11 Å². The Labute approximate surface area is 107 Å². The van der Waals surface area contributed by atoms with Gasteiger partial charge in [-0.1, -0.05) is 36.3 Å². The molecule has 1 aromatic carbocycles. The Morgan fingerprint density at radius 2 is 1.89 bits per heavy atom. The summed E-state index contributed by atoms with van der Waals surface area (Å²) in [6.07, 6.45) is 1.93. The van der Waals surface area contributed by atoms with Crippen LogP contribution in [0.3, 0.4) is 0 Å². The van der Waals surface area contributed by atoms with Crippen molar-refractivity contribution in [2.24, 2.45) is 7.05 Å². The van der Waals surface area contributed by atoms with Crippen molar-refractivity contribution >= 4 is 0 Å². The van der Waals surface area contributed by atoms with Crippen LogP contribution in [0.15, 0.2) is 36.5 Å². The van der Waals surface area contributed by atoms with E-state index in [2.05, 4.69) is 16.8 Å². The van der Waals surface area contributed by atoms with Crippen LogP contribution in [-0.4, -0.2) is 20.3 Å². The third-order valence-corrected chi connectivity index (χ3v) is 2.43. The van der Waals surface area contributed by atoms with Crippen molar-refractivity contribution in [1.29, 1.82) is 0 Å². The van der Waals surface area contributed by atoms with Crippen LogP contribution in [-0.2, 0) is 7.05 Å². The zero-order chi connectivity index (χ0) is 13.2. The van der Waals surface area contributed by atoms with Crippen LogP contribution >= 0.6 is 0 Å². The van der Waals surface area contributed by atoms with E-state index in [1.807, 2.05) is 48.1 Å². The molecule has 0 atom stereocenters. The molecule has 2 aromatic rings. The Bertz CT molecular complexity index is 595. The first-order valence-corrected chi connectivity index (χ1v) is 5.80. The molecule has 0 amide bonds. The smallest absolute Gasteiger partial charge is 0.185 e. The molecule has 1 heterocycles. The quantitative estimate of drug-likeness (QED) is 0.776. The van der Waals surface area contributed by atoms with Crippen molar-refractivity contribution in [2.75, 3.05) is 0 Å². The fraction of sp³-hybridized carbons (Fsp3) is 0.267. The Morgan fingerprint density at radius 1 is 1.22 bits per heavy atom. The number of nitrogens with zero attached hydrogens (tertiary/aromatic N) is 2. The lowest BCUT2D eigenvalue weighted by atomic mass is 10.1. The number of benzene rings is 1. The van der Waals surface area contributed by atoms with Crippen molar-refractivity contribution in [3.8, 4) is 23.1 Å². The molecule has 3 heteroatoms. The molecule has 0 unspecified atom stereocenters. The monoisotopic (exact) mass is 240 g/mol. The molecule has 0 aliphatic heterocycles. The second-order valence-electron chi connectivity index (χ2n) is 4.74. The lowest BCUT2D eigenvalue weighted by Crippen LogP contribution is -2.14. The van der Waals surface area contributed by atoms with E-state index >= 15 is 0 Å². The standard InChI is InChI=1S/C15H16N2O/c1-15(2,18)10-9-14-16-13(11-17(14)3)12-7-5-4-6-8-12/h4-8,11,18H,1-3H3. The number of aryl methyl sites for hydroxylation is 1. The minimum atomic E-state index is -1.00. The molecule has 0 aliphatic carbocycles. The minimum absolute atomic E-state index is 0.649. The highest BCUT2D eigenvalue weighted by Gasteiger charge is 2.08. The van der Waals surface area contributed by atoms with E-state index in [0.29, 0.717) is 5.82 Å². The molecular formula is C15H16N2O. The Kier molecular flexibility index (Phi) is 3.22. The highest BCUT2D eigenvalue weighted by atomic mass is 16.3. The average Bonchev–Trinajstić information content (AvgIpc) is 2.68. The second kappa shape index (κ2) is 4.67. The molecule has 1 aromatic heterocycles. The third-order valence-electron chi connectivity index (χ3n) is 2.43. The largest absolute Gasteiger partial charge is 0.378 e. The fourth-order valence-corrected chi connectivity index (χ4v) is 1.54. The number of hydrogen-bond donors (Lipinski definition) is 1. The number of aromatic nitrogens is 2. The van der Waals surface area contributed by atoms with Gasteiger partial charge in [0, 0.05) is 18.8 Å². The molecule has 0 bridgehead atoms. The van der Waals surface area contributed by atoms with Crippen molar-refractivity contribution in [1.82, 2.24) is 9.55 Å². The van der Waals surface area contributed by atoms with Gasteiger partial charge in [-0.05, 0) is 19.8 Å². The second-order valence-corrected chi connectivity index (χ2v) is 4.74. The lowest BCUT2D eigenvalue weighted by Gasteiger charge is -2.05. The van der Waals surface area contributed by atoms with Gasteiger partial charge in [-0.15, -0.1) is 0 Å². The summed E-state index contributed by atoms with van der Waals surface area (Å²) in [6.45, 7) is 3.31. The first-order chi connectivity index (χ1) is 8.46. The topological polar surface area (TPSA) is 38.0 Å². The molecule has 0 saturated heterocycles. The molecule has 0 spiro atoms. The first-order valence-electron chi connectivity index (χ1n) is 5.80. The zero-order valence-corrected chi connectivity index (χ0v) is 10.8. The maximum Gasteiger partial charge on any atom is 0.185 e. The first kappa shape index (κ1) is 12.4. The van der Waals surface area contributed by atoms with Crippen molar-refractivity contribution in [3.63, 3.8) is 0 Å². The van der Waals surface area contributed by atoms with Crippen LogP contribution in [0.4, 0.5) is 0 Å². The van der Waals surface area contributed by atoms with Crippen LogP contribution < -0.4 is 0 Å². The summed E-state index contributed by atoms with van der Waals surface area (Å²) in [5.41, 5.74) is 0.946. The summed E-state index contributed by atoms with van der Waals surface area (Å²) in [4.78, 5) is 4.46. The Hall–Kier alpha value is -2.05. The predicted octanol–water partition coefficient (Wildman–Crippen LogP) is 2.21. The summed E-state index contributed by atoms with van der Waals surface area (Å²) in [6, 6.07) is 9.95. The van der Waals surface area contributed by atoms with E-state index in [-0.39, 0.29) is 0 Å². The van der Waals surface area contributed by atoms with Gasteiger partial charge in [0.05, 0.1) is 5.69 Å². The normalized spacial score (nSPS) is 10.9. The minimum Gasteiger partial charge on any atom is -0.378 e. The summed E-state index contributed by atoms with van der Waals surface area (Å²) in [7, 11) is 1.90. The highest BCUT2D eigenvalue weighted by Crippen LogP contribution is 2.17. The maximum atomic E-state index is 9.58. The van der Waals surface area contributed by atoms with Crippen LogP contribution in [0.1, 0.15) is 19.7 Å². The van der Waals surface area contributed by atoms with E-state index in [9.17, 15) is 5.11 Å². The van der Waals surface area contributed by atoms with Gasteiger partial charge in [0.15, 0.2) is 5.82 Å². The Morgan fingerprint density at radius 3 is 2.50 bits per heavy atom. The van der Waals surface area contributed by atoms with Gasteiger partial charge in [0.1, 0.15) is 5.60 Å². The summed E-state index contributed by atoms with van der Waals surface area (Å²) in [5.74, 6) is 6.31. The molecule has 3 nitrogen and oxygen atoms in total. The highest BCUT2D eigenvalue weighted by molar-refractivity contribution is 5.59. The van der Waals surface area contributed by atoms with E-state index in [0.717, 1.165) is 11.3 Å². The lowest BCUT2D eigenvalue weighted by molar-refractivity contribution is 0.143. The van der Waals surface area contributed by atoms with Crippen LogP contribution in [0.2, 0.25) is 0 Å². The molecule has 2 rings (SSSR count). The van der Waals surface area contributed by atoms with E-state index in [1.165, 1.54) is 0 Å². The maximum absolute atomic E-state index is 9.58. The van der Waals surface area contributed by atoms with E-state index in [4.69, 9.17) is 0 Å². The summed E-state index contributed by atoms with van der Waals surface area (Å²) in [5, 5.41) is 9.58. The Balaban J connectivity index is 2.36. The fourth-order valence-electron chi connectivity index (χ4n) is 1.54. The number of aliphatic hydroxyl groups is 1. The molecular weight excluding hydrogens is 224 g/mol. The van der Waals surface area contributed by atoms with Crippen LogP contribution in [0.5, 0.6) is 0 Å². The number of hydrogen-bond acceptors (Lipinski definition) is 2. The number of rotatable bonds is 1. The van der Waals surface area contributed by atoms with E-state index < -0.39 is 5.60 Å². The average molecular weight is 240 g/mol. The van der Waals surface area contributed by atoms with Crippen molar-refractivity contribution in [2.45, 2.75) is 19.4 Å². The molecule has 18 heavy (non-hydrogen) atoms. The molecule has 1 N–H and O–H groups in total. The van der Waals surface area contributed by atoms with Crippen molar-refractivity contribution in [3.05, 3.63) is 42.4 Å². The summed E-state index contributed by atoms with van der Waals surface area (Å²) >= 11 is 0. The van der Waals surface area contributed by atoms with Gasteiger partial charge in [-0.2, -0.15) is 0 Å².